The van der Waals surface area contributed by atoms with Crippen LogP contribution in [0.15, 0.2) is 41.3 Å². The second kappa shape index (κ2) is 7.22. The Hall–Kier alpha value is -2.74. The van der Waals surface area contributed by atoms with Gasteiger partial charge in [0.25, 0.3) is 5.91 Å². The molecule has 1 fully saturated rings. The maximum atomic E-state index is 12.3. The number of hydrogen-bond donors (Lipinski definition) is 1. The van der Waals surface area contributed by atoms with Crippen LogP contribution in [0.3, 0.4) is 0 Å². The molecule has 2 aromatic rings. The zero-order chi connectivity index (χ0) is 16.9. The first-order valence-corrected chi connectivity index (χ1v) is 7.80. The minimum atomic E-state index is -0.324. The number of aromatic nitrogens is 2. The van der Waals surface area contributed by atoms with Crippen LogP contribution in [0, 0.1) is 0 Å². The molecule has 0 bridgehead atoms. The monoisotopic (exact) mass is 329 g/mol. The first kappa shape index (κ1) is 16.1. The highest BCUT2D eigenvalue weighted by molar-refractivity contribution is 5.93. The van der Waals surface area contributed by atoms with Crippen LogP contribution in [0.2, 0.25) is 0 Å². The normalized spacial score (nSPS) is 16.6. The van der Waals surface area contributed by atoms with Crippen molar-refractivity contribution in [3.8, 4) is 0 Å². The summed E-state index contributed by atoms with van der Waals surface area (Å²) in [4.78, 5) is 36.3. The summed E-state index contributed by atoms with van der Waals surface area (Å²) in [6.45, 7) is 4.19. The standard InChI is InChI=1S/C16H19N5O3/c1-12(14(22)19-16-17-5-3-6-18-16)20-7-9-21(10-8-20)15(23)13-4-2-11-24-13/h2-6,11-12H,7-10H2,1H3,(H,17,18,19,22). The average Bonchev–Trinajstić information content (AvgIpc) is 3.16. The molecule has 3 heterocycles. The van der Waals surface area contributed by atoms with Crippen LogP contribution in [0.5, 0.6) is 0 Å². The Bertz CT molecular complexity index is 681. The molecular weight excluding hydrogens is 310 g/mol. The Kier molecular flexibility index (Phi) is 4.85. The lowest BCUT2D eigenvalue weighted by molar-refractivity contribution is -0.121. The first-order chi connectivity index (χ1) is 11.6. The van der Waals surface area contributed by atoms with E-state index in [1.807, 2.05) is 11.8 Å². The number of hydrogen-bond acceptors (Lipinski definition) is 6. The molecule has 0 aliphatic carbocycles. The van der Waals surface area contributed by atoms with Crippen molar-refractivity contribution in [1.82, 2.24) is 19.8 Å². The van der Waals surface area contributed by atoms with Crippen molar-refractivity contribution in [1.29, 1.82) is 0 Å². The van der Waals surface area contributed by atoms with Crippen LogP contribution in [-0.2, 0) is 4.79 Å². The number of carbonyl (C=O) groups is 2. The van der Waals surface area contributed by atoms with Gasteiger partial charge >= 0.3 is 0 Å². The topological polar surface area (TPSA) is 91.6 Å². The fraction of sp³-hybridized carbons (Fsp3) is 0.375. The highest BCUT2D eigenvalue weighted by Gasteiger charge is 2.28. The van der Waals surface area contributed by atoms with Crippen LogP contribution in [0.4, 0.5) is 5.95 Å². The van der Waals surface area contributed by atoms with E-state index in [9.17, 15) is 9.59 Å². The number of amides is 2. The fourth-order valence-electron chi connectivity index (χ4n) is 2.61. The zero-order valence-corrected chi connectivity index (χ0v) is 13.4. The van der Waals surface area contributed by atoms with Gasteiger partial charge < -0.3 is 9.32 Å². The van der Waals surface area contributed by atoms with E-state index in [0.29, 0.717) is 37.9 Å². The van der Waals surface area contributed by atoms with Crippen LogP contribution in [0.1, 0.15) is 17.5 Å². The summed E-state index contributed by atoms with van der Waals surface area (Å²) >= 11 is 0. The first-order valence-electron chi connectivity index (χ1n) is 7.80. The minimum Gasteiger partial charge on any atom is -0.459 e. The van der Waals surface area contributed by atoms with Gasteiger partial charge in [-0.05, 0) is 25.1 Å². The summed E-state index contributed by atoms with van der Waals surface area (Å²) in [5.74, 6) is 0.359. The quantitative estimate of drug-likeness (QED) is 0.894. The molecule has 3 rings (SSSR count). The van der Waals surface area contributed by atoms with Gasteiger partial charge in [0.15, 0.2) is 5.76 Å². The molecule has 8 nitrogen and oxygen atoms in total. The van der Waals surface area contributed by atoms with Crippen molar-refractivity contribution >= 4 is 17.8 Å². The molecule has 0 saturated carbocycles. The largest absolute Gasteiger partial charge is 0.459 e. The molecule has 1 unspecified atom stereocenters. The Labute approximate surface area is 139 Å². The van der Waals surface area contributed by atoms with E-state index in [4.69, 9.17) is 4.42 Å². The average molecular weight is 329 g/mol. The van der Waals surface area contributed by atoms with Crippen molar-refractivity contribution < 1.29 is 14.0 Å². The number of furan rings is 1. The maximum Gasteiger partial charge on any atom is 0.289 e. The third-order valence-corrected chi connectivity index (χ3v) is 4.06. The molecule has 24 heavy (non-hydrogen) atoms. The van der Waals surface area contributed by atoms with Crippen molar-refractivity contribution in [3.05, 3.63) is 42.6 Å². The Morgan fingerprint density at radius 1 is 1.17 bits per heavy atom. The molecule has 1 atom stereocenters. The van der Waals surface area contributed by atoms with E-state index in [0.717, 1.165) is 0 Å². The highest BCUT2D eigenvalue weighted by Crippen LogP contribution is 2.12. The van der Waals surface area contributed by atoms with E-state index in [-0.39, 0.29) is 17.9 Å². The lowest BCUT2D eigenvalue weighted by Crippen LogP contribution is -2.54. The van der Waals surface area contributed by atoms with Crippen LogP contribution in [-0.4, -0.2) is 63.8 Å². The van der Waals surface area contributed by atoms with Gasteiger partial charge in [-0.3, -0.25) is 19.8 Å². The summed E-state index contributed by atoms with van der Waals surface area (Å²) in [6.07, 6.45) is 4.64. The van der Waals surface area contributed by atoms with Crippen molar-refractivity contribution in [2.75, 3.05) is 31.5 Å². The summed E-state index contributed by atoms with van der Waals surface area (Å²) in [5, 5.41) is 2.70. The zero-order valence-electron chi connectivity index (χ0n) is 13.4. The van der Waals surface area contributed by atoms with Gasteiger partial charge in [-0.1, -0.05) is 0 Å². The van der Waals surface area contributed by atoms with Gasteiger partial charge in [0.1, 0.15) is 0 Å². The number of carbonyl (C=O) groups excluding carboxylic acids is 2. The van der Waals surface area contributed by atoms with Crippen LogP contribution >= 0.6 is 0 Å². The minimum absolute atomic E-state index is 0.116. The van der Waals surface area contributed by atoms with E-state index in [2.05, 4.69) is 15.3 Å². The molecule has 0 spiro atoms. The van der Waals surface area contributed by atoms with E-state index < -0.39 is 0 Å². The van der Waals surface area contributed by atoms with Crippen molar-refractivity contribution in [3.63, 3.8) is 0 Å². The fourth-order valence-corrected chi connectivity index (χ4v) is 2.61. The predicted octanol–water partition coefficient (Wildman–Crippen LogP) is 0.855. The lowest BCUT2D eigenvalue weighted by atomic mass is 10.2. The molecule has 0 radical (unpaired) electrons. The predicted molar refractivity (Wildman–Crippen MR) is 86.3 cm³/mol. The molecule has 0 aromatic carbocycles. The Balaban J connectivity index is 1.52. The SMILES string of the molecule is CC(C(=O)Nc1ncccn1)N1CCN(C(=O)c2ccco2)CC1. The smallest absolute Gasteiger partial charge is 0.289 e. The third kappa shape index (κ3) is 3.60. The molecule has 2 aromatic heterocycles. The Morgan fingerprint density at radius 2 is 1.88 bits per heavy atom. The molecule has 1 N–H and O–H groups in total. The number of piperazine rings is 1. The molecule has 1 saturated heterocycles. The molecule has 2 amide bonds. The molecule has 1 aliphatic rings. The van der Waals surface area contributed by atoms with Crippen molar-refractivity contribution in [2.45, 2.75) is 13.0 Å². The van der Waals surface area contributed by atoms with Gasteiger partial charge in [-0.2, -0.15) is 0 Å². The molecule has 8 heteroatoms. The second-order valence-electron chi connectivity index (χ2n) is 5.54. The van der Waals surface area contributed by atoms with E-state index in [1.165, 1.54) is 6.26 Å². The third-order valence-electron chi connectivity index (χ3n) is 4.06. The summed E-state index contributed by atoms with van der Waals surface area (Å²) in [6, 6.07) is 4.72. The van der Waals surface area contributed by atoms with Gasteiger partial charge in [-0.25, -0.2) is 9.97 Å². The van der Waals surface area contributed by atoms with Crippen molar-refractivity contribution in [2.24, 2.45) is 0 Å². The van der Waals surface area contributed by atoms with Crippen LogP contribution in [0.25, 0.3) is 0 Å². The van der Waals surface area contributed by atoms with Gasteiger partial charge in [-0.15, -0.1) is 0 Å². The Morgan fingerprint density at radius 3 is 2.50 bits per heavy atom. The highest BCUT2D eigenvalue weighted by atomic mass is 16.3. The van der Waals surface area contributed by atoms with Gasteiger partial charge in [0.05, 0.1) is 12.3 Å². The number of nitrogens with zero attached hydrogens (tertiary/aromatic N) is 4. The van der Waals surface area contributed by atoms with Gasteiger partial charge in [0, 0.05) is 38.6 Å². The summed E-state index contributed by atoms with van der Waals surface area (Å²) < 4.78 is 5.14. The molecule has 126 valence electrons. The number of rotatable bonds is 4. The number of anilines is 1. The van der Waals surface area contributed by atoms with Crippen LogP contribution < -0.4 is 5.32 Å². The molecular formula is C16H19N5O3. The summed E-state index contributed by atoms with van der Waals surface area (Å²) in [5.41, 5.74) is 0. The van der Waals surface area contributed by atoms with E-state index in [1.54, 1.807) is 35.5 Å². The van der Waals surface area contributed by atoms with E-state index >= 15 is 0 Å². The molecule has 1 aliphatic heterocycles. The maximum absolute atomic E-state index is 12.3. The lowest BCUT2D eigenvalue weighted by Gasteiger charge is -2.36. The van der Waals surface area contributed by atoms with Gasteiger partial charge in [0.2, 0.25) is 11.9 Å². The number of nitrogens with one attached hydrogen (secondary N) is 1. The second-order valence-corrected chi connectivity index (χ2v) is 5.54. The summed E-state index contributed by atoms with van der Waals surface area (Å²) in [7, 11) is 0.